The van der Waals surface area contributed by atoms with E-state index < -0.39 is 12.1 Å². The van der Waals surface area contributed by atoms with Crippen LogP contribution in [-0.4, -0.2) is 82.0 Å². The average Bonchev–Trinajstić information content (AvgIpc) is 2.47. The lowest BCUT2D eigenvalue weighted by molar-refractivity contribution is -0.245. The van der Waals surface area contributed by atoms with E-state index in [4.69, 9.17) is 15.8 Å². The highest BCUT2D eigenvalue weighted by Gasteiger charge is 2.39. The summed E-state index contributed by atoms with van der Waals surface area (Å²) in [7, 11) is 0. The van der Waals surface area contributed by atoms with Crippen molar-refractivity contribution in [3.63, 3.8) is 0 Å². The van der Waals surface area contributed by atoms with Gasteiger partial charge in [-0.3, -0.25) is 25.6 Å². The zero-order valence-electron chi connectivity index (χ0n) is 11.2. The maximum atomic E-state index is 12.2. The van der Waals surface area contributed by atoms with Gasteiger partial charge < -0.3 is 0 Å². The fraction of sp³-hybridized carbons (Fsp3) is 0.600. The maximum Gasteiger partial charge on any atom is 0.333 e. The number of nitrogens with zero attached hydrogens (tertiary/aromatic N) is 3. The molecule has 0 aromatic carbocycles. The Kier molecular flexibility index (Phi) is 7.01. The highest BCUT2D eigenvalue weighted by molar-refractivity contribution is 5.97. The molecule has 120 valence electrons. The van der Waals surface area contributed by atoms with Gasteiger partial charge in [0, 0.05) is 0 Å². The third-order valence-corrected chi connectivity index (χ3v) is 2.77. The Morgan fingerprint density at radius 2 is 1.10 bits per heavy atom. The molecule has 0 unspecified atom stereocenters. The van der Waals surface area contributed by atoms with Crippen LogP contribution in [0.15, 0.2) is 12.4 Å². The van der Waals surface area contributed by atoms with Crippen LogP contribution in [0.2, 0.25) is 0 Å². The Bertz CT molecular complexity index is 315. The standard InChI is InChI=1S/C10H17N3O8/c1-8-11(2-5-19-16)9(14)13(4-7-21-18)10(15)12(8)3-6-20-17/h16-18H,1-7H2. The Balaban J connectivity index is 2.90. The topological polar surface area (TPSA) is 132 Å². The van der Waals surface area contributed by atoms with E-state index in [2.05, 4.69) is 21.2 Å². The number of amides is 4. The minimum atomic E-state index is -0.694. The highest BCUT2D eigenvalue weighted by atomic mass is 17.1. The molecule has 0 radical (unpaired) electrons. The summed E-state index contributed by atoms with van der Waals surface area (Å²) in [6.07, 6.45) is 0. The molecule has 1 aliphatic heterocycles. The van der Waals surface area contributed by atoms with E-state index in [1.807, 2.05) is 0 Å². The first-order chi connectivity index (χ1) is 10.1. The van der Waals surface area contributed by atoms with Crippen LogP contribution < -0.4 is 0 Å². The van der Waals surface area contributed by atoms with Gasteiger partial charge in [-0.2, -0.15) is 0 Å². The molecule has 1 fully saturated rings. The van der Waals surface area contributed by atoms with Crippen molar-refractivity contribution in [1.29, 1.82) is 0 Å². The number of urea groups is 2. The van der Waals surface area contributed by atoms with E-state index in [1.54, 1.807) is 0 Å². The van der Waals surface area contributed by atoms with Crippen LogP contribution in [0.3, 0.4) is 0 Å². The predicted octanol–water partition coefficient (Wildman–Crippen LogP) is 0.0860. The van der Waals surface area contributed by atoms with Crippen LogP contribution >= 0.6 is 0 Å². The van der Waals surface area contributed by atoms with Crippen molar-refractivity contribution in [2.75, 3.05) is 39.5 Å². The first kappa shape index (κ1) is 17.3. The molecular formula is C10H17N3O8. The zero-order valence-corrected chi connectivity index (χ0v) is 11.2. The minimum absolute atomic E-state index is 0.0472. The molecule has 0 spiro atoms. The predicted molar refractivity (Wildman–Crippen MR) is 65.8 cm³/mol. The summed E-state index contributed by atoms with van der Waals surface area (Å²) in [6.45, 7) is 2.71. The second-order valence-electron chi connectivity index (χ2n) is 3.94. The lowest BCUT2D eigenvalue weighted by Gasteiger charge is -2.41. The van der Waals surface area contributed by atoms with Crippen molar-refractivity contribution in [3.8, 4) is 0 Å². The SMILES string of the molecule is C=C1N(CCOO)C(=O)N(CCOO)C(=O)N1CCOO. The van der Waals surface area contributed by atoms with Gasteiger partial charge in [-0.1, -0.05) is 6.58 Å². The van der Waals surface area contributed by atoms with Gasteiger partial charge in [0.1, 0.15) is 25.6 Å². The van der Waals surface area contributed by atoms with Crippen LogP contribution in [0.4, 0.5) is 9.59 Å². The number of carbonyl (C=O) groups excluding carboxylic acids is 2. The maximum absolute atomic E-state index is 12.2. The van der Waals surface area contributed by atoms with E-state index >= 15 is 0 Å². The molecule has 0 saturated carbocycles. The molecule has 1 heterocycles. The molecule has 0 aromatic heterocycles. The van der Waals surface area contributed by atoms with Gasteiger partial charge in [0.2, 0.25) is 0 Å². The van der Waals surface area contributed by atoms with Gasteiger partial charge >= 0.3 is 12.1 Å². The number of hydrogen-bond acceptors (Lipinski definition) is 8. The summed E-state index contributed by atoms with van der Waals surface area (Å²) in [5.74, 6) is 0.0558. The van der Waals surface area contributed by atoms with Crippen LogP contribution in [0.5, 0.6) is 0 Å². The molecule has 0 atom stereocenters. The van der Waals surface area contributed by atoms with E-state index in [9.17, 15) is 9.59 Å². The fourth-order valence-electron chi connectivity index (χ4n) is 1.78. The molecule has 0 aliphatic carbocycles. The molecular weight excluding hydrogens is 290 g/mol. The molecule has 21 heavy (non-hydrogen) atoms. The third-order valence-electron chi connectivity index (χ3n) is 2.77. The van der Waals surface area contributed by atoms with Gasteiger partial charge in [-0.15, -0.1) is 0 Å². The largest absolute Gasteiger partial charge is 0.333 e. The zero-order chi connectivity index (χ0) is 15.8. The molecule has 11 heteroatoms. The first-order valence-electron chi connectivity index (χ1n) is 5.97. The fourth-order valence-corrected chi connectivity index (χ4v) is 1.78. The summed E-state index contributed by atoms with van der Waals surface area (Å²) in [4.78, 5) is 39.1. The minimum Gasteiger partial charge on any atom is -0.277 e. The Hall–Kier alpha value is -1.76. The summed E-state index contributed by atoms with van der Waals surface area (Å²) in [5, 5.41) is 25.1. The smallest absolute Gasteiger partial charge is 0.277 e. The molecule has 11 nitrogen and oxygen atoms in total. The molecule has 4 amide bonds. The quantitative estimate of drug-likeness (QED) is 0.403. The number of imide groups is 1. The van der Waals surface area contributed by atoms with Crippen molar-refractivity contribution in [1.82, 2.24) is 14.7 Å². The lowest BCUT2D eigenvalue weighted by atomic mass is 10.3. The van der Waals surface area contributed by atoms with Crippen molar-refractivity contribution in [3.05, 3.63) is 12.4 Å². The summed E-state index contributed by atoms with van der Waals surface area (Å²) < 4.78 is 0. The molecule has 1 aliphatic rings. The van der Waals surface area contributed by atoms with Crippen molar-refractivity contribution in [2.45, 2.75) is 0 Å². The van der Waals surface area contributed by atoms with Crippen LogP contribution in [0, 0.1) is 0 Å². The highest BCUT2D eigenvalue weighted by Crippen LogP contribution is 2.20. The normalized spacial score (nSPS) is 16.1. The second kappa shape index (κ2) is 8.51. The molecule has 0 bridgehead atoms. The summed E-state index contributed by atoms with van der Waals surface area (Å²) in [5.41, 5.74) is 0. The molecule has 3 N–H and O–H groups in total. The van der Waals surface area contributed by atoms with Gasteiger partial charge in [0.25, 0.3) is 0 Å². The Labute approximate surface area is 119 Å². The van der Waals surface area contributed by atoms with E-state index in [0.717, 1.165) is 14.7 Å². The molecule has 0 aromatic rings. The van der Waals surface area contributed by atoms with Crippen LogP contribution in [0.25, 0.3) is 0 Å². The second-order valence-corrected chi connectivity index (χ2v) is 3.94. The van der Waals surface area contributed by atoms with Crippen molar-refractivity contribution in [2.24, 2.45) is 0 Å². The molecule has 1 saturated heterocycles. The van der Waals surface area contributed by atoms with E-state index in [1.165, 1.54) is 0 Å². The van der Waals surface area contributed by atoms with Gasteiger partial charge in [0.15, 0.2) is 0 Å². The summed E-state index contributed by atoms with van der Waals surface area (Å²) >= 11 is 0. The monoisotopic (exact) mass is 307 g/mol. The number of carbonyl (C=O) groups is 2. The third kappa shape index (κ3) is 4.10. The van der Waals surface area contributed by atoms with Gasteiger partial charge in [-0.05, 0) is 0 Å². The number of hydrogen-bond donors (Lipinski definition) is 3. The summed E-state index contributed by atoms with van der Waals surface area (Å²) in [6, 6.07) is -1.39. The van der Waals surface area contributed by atoms with Gasteiger partial charge in [0.05, 0.1) is 19.6 Å². The van der Waals surface area contributed by atoms with Crippen molar-refractivity contribution >= 4 is 12.1 Å². The Morgan fingerprint density at radius 1 is 0.762 bits per heavy atom. The average molecular weight is 307 g/mol. The van der Waals surface area contributed by atoms with Crippen LogP contribution in [0.1, 0.15) is 0 Å². The van der Waals surface area contributed by atoms with E-state index in [-0.39, 0.29) is 45.3 Å². The van der Waals surface area contributed by atoms with E-state index in [0.29, 0.717) is 0 Å². The first-order valence-corrected chi connectivity index (χ1v) is 5.97. The van der Waals surface area contributed by atoms with Crippen molar-refractivity contribution < 1.29 is 40.0 Å². The number of rotatable bonds is 9. The van der Waals surface area contributed by atoms with Gasteiger partial charge in [-0.25, -0.2) is 29.2 Å². The van der Waals surface area contributed by atoms with Crippen LogP contribution in [-0.2, 0) is 14.7 Å². The lowest BCUT2D eigenvalue weighted by Crippen LogP contribution is -2.60. The molecule has 1 rings (SSSR count). The Morgan fingerprint density at radius 3 is 1.43 bits per heavy atom.